The lowest BCUT2D eigenvalue weighted by atomic mass is 9.95. The molecule has 22 heavy (non-hydrogen) atoms. The van der Waals surface area contributed by atoms with Crippen molar-refractivity contribution in [1.82, 2.24) is 0 Å². The minimum absolute atomic E-state index is 0.121. The molecule has 0 spiro atoms. The molecule has 1 amide bonds. The van der Waals surface area contributed by atoms with Crippen molar-refractivity contribution in [2.45, 2.75) is 21.6 Å². The second kappa shape index (κ2) is 4.05. The monoisotopic (exact) mass is 323 g/mol. The average Bonchev–Trinajstić information content (AvgIpc) is 2.72. The van der Waals surface area contributed by atoms with Gasteiger partial charge in [-0.15, -0.1) is 0 Å². The van der Waals surface area contributed by atoms with Gasteiger partial charge in [-0.05, 0) is 18.2 Å². The fraction of sp³-hybridized carbons (Fsp3) is 0.133. The summed E-state index contributed by atoms with van der Waals surface area (Å²) in [4.78, 5) is 14.6. The van der Waals surface area contributed by atoms with Crippen LogP contribution in [-0.2, 0) is 10.4 Å². The van der Waals surface area contributed by atoms with E-state index >= 15 is 0 Å². The van der Waals surface area contributed by atoms with Crippen LogP contribution in [0.15, 0.2) is 52.3 Å². The van der Waals surface area contributed by atoms with Gasteiger partial charge in [0.05, 0.1) is 11.4 Å². The molecule has 2 heterocycles. The number of para-hydroxylation sites is 2. The van der Waals surface area contributed by atoms with Crippen molar-refractivity contribution in [3.8, 4) is 0 Å². The number of aliphatic hydroxyl groups is 1. The third-order valence-corrected chi connectivity index (χ3v) is 4.98. The van der Waals surface area contributed by atoms with E-state index in [0.29, 0.717) is 15.5 Å². The Morgan fingerprint density at radius 3 is 2.45 bits per heavy atom. The summed E-state index contributed by atoms with van der Waals surface area (Å²) in [6, 6.07) is 10.9. The highest BCUT2D eigenvalue weighted by molar-refractivity contribution is 7.99. The van der Waals surface area contributed by atoms with Gasteiger partial charge in [-0.3, -0.25) is 9.69 Å². The van der Waals surface area contributed by atoms with E-state index in [0.717, 1.165) is 11.0 Å². The molecule has 112 valence electrons. The van der Waals surface area contributed by atoms with Crippen molar-refractivity contribution in [3.05, 3.63) is 48.0 Å². The molecular weight excluding hydrogens is 315 g/mol. The maximum atomic E-state index is 13.4. The summed E-state index contributed by atoms with van der Waals surface area (Å²) in [7, 11) is 0. The fourth-order valence-corrected chi connectivity index (χ4v) is 3.95. The summed E-state index contributed by atoms with van der Waals surface area (Å²) >= 11 is 1.28. The SMILES string of the molecule is O=C1N2c3ccccc3Sc3cccc(c32)[C@@]1(O)C(F)(F)F. The fourth-order valence-electron chi connectivity index (χ4n) is 2.86. The summed E-state index contributed by atoms with van der Waals surface area (Å²) in [5.41, 5.74) is -3.44. The summed E-state index contributed by atoms with van der Waals surface area (Å²) in [5, 5.41) is 10.2. The smallest absolute Gasteiger partial charge is 0.368 e. The molecule has 0 aromatic heterocycles. The van der Waals surface area contributed by atoms with E-state index in [9.17, 15) is 23.1 Å². The molecule has 0 fully saturated rings. The second-order valence-corrected chi connectivity index (χ2v) is 6.15. The quantitative estimate of drug-likeness (QED) is 0.805. The predicted molar refractivity (Wildman–Crippen MR) is 74.1 cm³/mol. The third kappa shape index (κ3) is 1.45. The zero-order valence-electron chi connectivity index (χ0n) is 10.9. The molecule has 1 atom stereocenters. The number of alkyl halides is 3. The van der Waals surface area contributed by atoms with Gasteiger partial charge in [0.15, 0.2) is 0 Å². The van der Waals surface area contributed by atoms with Crippen LogP contribution in [0.5, 0.6) is 0 Å². The number of nitrogens with zero attached hydrogens (tertiary/aromatic N) is 1. The molecule has 0 saturated heterocycles. The maximum absolute atomic E-state index is 13.4. The summed E-state index contributed by atoms with van der Waals surface area (Å²) in [6.07, 6.45) is -5.09. The van der Waals surface area contributed by atoms with Gasteiger partial charge in [-0.1, -0.05) is 36.0 Å². The molecule has 7 heteroatoms. The maximum Gasteiger partial charge on any atom is 0.430 e. The Morgan fingerprint density at radius 2 is 1.73 bits per heavy atom. The molecule has 2 aromatic carbocycles. The Hall–Kier alpha value is -1.99. The highest BCUT2D eigenvalue weighted by Gasteiger charge is 2.67. The number of hydrogen-bond donors (Lipinski definition) is 1. The lowest BCUT2D eigenvalue weighted by Crippen LogP contribution is -2.49. The molecule has 4 rings (SSSR count). The third-order valence-electron chi connectivity index (χ3n) is 3.86. The van der Waals surface area contributed by atoms with E-state index in [1.807, 2.05) is 0 Å². The largest absolute Gasteiger partial charge is 0.430 e. The first-order chi connectivity index (χ1) is 10.4. The van der Waals surface area contributed by atoms with Crippen LogP contribution in [0.2, 0.25) is 0 Å². The zero-order chi connectivity index (χ0) is 15.7. The lowest BCUT2D eigenvalue weighted by molar-refractivity contribution is -0.253. The van der Waals surface area contributed by atoms with E-state index in [1.165, 1.54) is 17.8 Å². The van der Waals surface area contributed by atoms with Crippen LogP contribution in [0.25, 0.3) is 0 Å². The van der Waals surface area contributed by atoms with Crippen molar-refractivity contribution < 1.29 is 23.1 Å². The standard InChI is InChI=1S/C15H8F3NO2S/c16-15(17,18)14(21)8-4-3-7-11-12(8)19(13(14)20)9-5-1-2-6-10(9)22-11/h1-7,21H/t14-/m0/s1. The first-order valence-corrected chi connectivity index (χ1v) is 7.21. The van der Waals surface area contributed by atoms with Crippen LogP contribution in [0.1, 0.15) is 5.56 Å². The minimum Gasteiger partial charge on any atom is -0.368 e. The summed E-state index contributed by atoms with van der Waals surface area (Å²) in [5.74, 6) is -1.38. The molecule has 0 saturated carbocycles. The molecule has 1 N–H and O–H groups in total. The molecule has 0 bridgehead atoms. The highest BCUT2D eigenvalue weighted by Crippen LogP contribution is 2.59. The van der Waals surface area contributed by atoms with Crippen molar-refractivity contribution >= 4 is 29.0 Å². The zero-order valence-corrected chi connectivity index (χ0v) is 11.7. The molecule has 3 nitrogen and oxygen atoms in total. The number of carbonyl (C=O) groups excluding carboxylic acids is 1. The number of rotatable bonds is 0. The van der Waals surface area contributed by atoms with Crippen LogP contribution >= 0.6 is 11.8 Å². The Bertz CT molecular complexity index is 821. The van der Waals surface area contributed by atoms with E-state index in [-0.39, 0.29) is 5.69 Å². The normalized spacial score (nSPS) is 22.5. The number of anilines is 2. The Morgan fingerprint density at radius 1 is 1.05 bits per heavy atom. The predicted octanol–water partition coefficient (Wildman–Crippen LogP) is 3.58. The van der Waals surface area contributed by atoms with Gasteiger partial charge in [0.25, 0.3) is 11.5 Å². The van der Waals surface area contributed by atoms with Crippen molar-refractivity contribution in [1.29, 1.82) is 0 Å². The highest BCUT2D eigenvalue weighted by atomic mass is 32.2. The van der Waals surface area contributed by atoms with Crippen LogP contribution in [0.3, 0.4) is 0 Å². The van der Waals surface area contributed by atoms with Crippen molar-refractivity contribution in [2.24, 2.45) is 0 Å². The molecule has 0 radical (unpaired) electrons. The Labute approximate surface area is 127 Å². The number of amides is 1. The second-order valence-electron chi connectivity index (χ2n) is 5.07. The van der Waals surface area contributed by atoms with Crippen LogP contribution in [0.4, 0.5) is 24.5 Å². The topological polar surface area (TPSA) is 40.5 Å². The number of benzene rings is 2. The van der Waals surface area contributed by atoms with Crippen LogP contribution in [-0.4, -0.2) is 17.2 Å². The number of carbonyl (C=O) groups is 1. The number of fused-ring (bicyclic) bond motifs is 2. The van der Waals surface area contributed by atoms with E-state index < -0.39 is 23.2 Å². The number of hydrogen-bond acceptors (Lipinski definition) is 3. The van der Waals surface area contributed by atoms with Crippen LogP contribution in [0, 0.1) is 0 Å². The summed E-state index contributed by atoms with van der Waals surface area (Å²) in [6.45, 7) is 0. The van der Waals surface area contributed by atoms with Gasteiger partial charge in [0, 0.05) is 15.4 Å². The van der Waals surface area contributed by atoms with Crippen LogP contribution < -0.4 is 4.90 Å². The van der Waals surface area contributed by atoms with Gasteiger partial charge in [0.1, 0.15) is 0 Å². The van der Waals surface area contributed by atoms with E-state index in [1.54, 1.807) is 30.3 Å². The first-order valence-electron chi connectivity index (χ1n) is 6.40. The van der Waals surface area contributed by atoms with Gasteiger partial charge >= 0.3 is 6.18 Å². The molecule has 2 aliphatic rings. The molecule has 2 aliphatic heterocycles. The molecule has 2 aromatic rings. The van der Waals surface area contributed by atoms with E-state index in [2.05, 4.69) is 0 Å². The van der Waals surface area contributed by atoms with Crippen molar-refractivity contribution in [3.63, 3.8) is 0 Å². The lowest BCUT2D eigenvalue weighted by Gasteiger charge is -2.28. The van der Waals surface area contributed by atoms with Gasteiger partial charge in [-0.25, -0.2) is 0 Å². The Kier molecular flexibility index (Phi) is 2.52. The average molecular weight is 323 g/mol. The first kappa shape index (κ1) is 13.7. The van der Waals surface area contributed by atoms with Gasteiger partial charge < -0.3 is 5.11 Å². The molecular formula is C15H8F3NO2S. The number of halogens is 3. The minimum atomic E-state index is -5.09. The molecule has 0 aliphatic carbocycles. The van der Waals surface area contributed by atoms with Gasteiger partial charge in [0.2, 0.25) is 0 Å². The van der Waals surface area contributed by atoms with Gasteiger partial charge in [-0.2, -0.15) is 13.2 Å². The van der Waals surface area contributed by atoms with E-state index in [4.69, 9.17) is 0 Å². The summed E-state index contributed by atoms with van der Waals surface area (Å²) < 4.78 is 40.2. The van der Waals surface area contributed by atoms with Crippen molar-refractivity contribution in [2.75, 3.05) is 4.90 Å². The molecule has 0 unspecified atom stereocenters. The Balaban J connectivity index is 2.06.